The third-order valence-electron chi connectivity index (χ3n) is 4.07. The number of fused-ring (bicyclic) bond motifs is 1. The summed E-state index contributed by atoms with van der Waals surface area (Å²) in [7, 11) is -3.52. The van der Waals surface area contributed by atoms with Gasteiger partial charge >= 0.3 is 0 Å². The van der Waals surface area contributed by atoms with Gasteiger partial charge in [-0.05, 0) is 30.9 Å². The third kappa shape index (κ3) is 2.28. The molecule has 1 aliphatic rings. The molecule has 1 N–H and O–H groups in total. The molecular formula is C15H19N3O2S. The van der Waals surface area contributed by atoms with Gasteiger partial charge in [-0.2, -0.15) is 9.40 Å². The predicted molar refractivity (Wildman–Crippen MR) is 80.5 cm³/mol. The van der Waals surface area contributed by atoms with E-state index >= 15 is 0 Å². The second-order valence-electron chi connectivity index (χ2n) is 5.66. The first-order chi connectivity index (χ1) is 9.91. The Bertz CT molecular complexity index is 760. The zero-order valence-electron chi connectivity index (χ0n) is 12.4. The normalized spacial score (nSPS) is 19.5. The van der Waals surface area contributed by atoms with Crippen LogP contribution >= 0.6 is 0 Å². The lowest BCUT2D eigenvalue weighted by molar-refractivity contribution is 0.363. The monoisotopic (exact) mass is 305 g/mol. The van der Waals surface area contributed by atoms with Crippen molar-refractivity contribution in [2.45, 2.75) is 38.1 Å². The van der Waals surface area contributed by atoms with E-state index in [0.717, 1.165) is 5.56 Å². The molecule has 1 aliphatic heterocycles. The number of rotatable bonds is 2. The maximum atomic E-state index is 12.9. The lowest BCUT2D eigenvalue weighted by Gasteiger charge is -2.32. The Morgan fingerprint density at radius 1 is 1.29 bits per heavy atom. The predicted octanol–water partition coefficient (Wildman–Crippen LogP) is 2.33. The number of nitrogens with one attached hydrogen (secondary N) is 1. The molecule has 1 aromatic heterocycles. The number of nitrogens with zero attached hydrogens (tertiary/aromatic N) is 2. The molecule has 0 spiro atoms. The number of aryl methyl sites for hydroxylation is 2. The molecular weight excluding hydrogens is 286 g/mol. The Hall–Kier alpha value is -1.66. The van der Waals surface area contributed by atoms with Gasteiger partial charge in [-0.1, -0.05) is 31.2 Å². The standard InChI is InChI=1S/C15H19N3O2S/c1-10-8-18(9-13-6-4-5-7-14(10)13)21(19,20)15-11(2)16-17-12(15)3/h4-7,10H,8-9H2,1-3H3,(H,16,17). The summed E-state index contributed by atoms with van der Waals surface area (Å²) in [5, 5.41) is 6.77. The van der Waals surface area contributed by atoms with Gasteiger partial charge in [0.05, 0.1) is 11.4 Å². The molecule has 0 aliphatic carbocycles. The van der Waals surface area contributed by atoms with Gasteiger partial charge in [-0.15, -0.1) is 0 Å². The highest BCUT2D eigenvalue weighted by atomic mass is 32.2. The van der Waals surface area contributed by atoms with E-state index in [4.69, 9.17) is 0 Å². The molecule has 112 valence electrons. The van der Waals surface area contributed by atoms with Crippen LogP contribution < -0.4 is 0 Å². The summed E-state index contributed by atoms with van der Waals surface area (Å²) in [5.74, 6) is 0.192. The van der Waals surface area contributed by atoms with E-state index in [1.807, 2.05) is 18.2 Å². The van der Waals surface area contributed by atoms with Crippen molar-refractivity contribution in [1.29, 1.82) is 0 Å². The lowest BCUT2D eigenvalue weighted by Crippen LogP contribution is -2.37. The summed E-state index contributed by atoms with van der Waals surface area (Å²) >= 11 is 0. The third-order valence-corrected chi connectivity index (χ3v) is 6.14. The number of benzene rings is 1. The molecule has 0 saturated heterocycles. The zero-order chi connectivity index (χ0) is 15.2. The van der Waals surface area contributed by atoms with Crippen molar-refractivity contribution in [3.8, 4) is 0 Å². The van der Waals surface area contributed by atoms with E-state index in [1.54, 1.807) is 18.2 Å². The lowest BCUT2D eigenvalue weighted by atomic mass is 9.92. The maximum absolute atomic E-state index is 12.9. The van der Waals surface area contributed by atoms with Crippen LogP contribution in [0.5, 0.6) is 0 Å². The van der Waals surface area contributed by atoms with Crippen LogP contribution in [0.2, 0.25) is 0 Å². The first-order valence-electron chi connectivity index (χ1n) is 7.00. The van der Waals surface area contributed by atoms with Crippen LogP contribution in [0.1, 0.15) is 35.4 Å². The number of aromatic amines is 1. The fourth-order valence-electron chi connectivity index (χ4n) is 3.05. The van der Waals surface area contributed by atoms with Gasteiger partial charge < -0.3 is 0 Å². The van der Waals surface area contributed by atoms with Crippen LogP contribution in [0.15, 0.2) is 29.2 Å². The minimum absolute atomic E-state index is 0.192. The van der Waals surface area contributed by atoms with E-state index in [9.17, 15) is 8.42 Å². The topological polar surface area (TPSA) is 66.1 Å². The molecule has 0 amide bonds. The van der Waals surface area contributed by atoms with Crippen LogP contribution in [-0.2, 0) is 16.6 Å². The fraction of sp³-hybridized carbons (Fsp3) is 0.400. The number of hydrogen-bond acceptors (Lipinski definition) is 3. The van der Waals surface area contributed by atoms with Gasteiger partial charge in [0, 0.05) is 13.1 Å². The van der Waals surface area contributed by atoms with E-state index in [1.165, 1.54) is 5.56 Å². The molecule has 1 atom stereocenters. The van der Waals surface area contributed by atoms with Gasteiger partial charge in [-0.25, -0.2) is 8.42 Å². The Morgan fingerprint density at radius 2 is 2.00 bits per heavy atom. The summed E-state index contributed by atoms with van der Waals surface area (Å²) in [6.45, 7) is 6.46. The van der Waals surface area contributed by atoms with Crippen LogP contribution in [0.3, 0.4) is 0 Å². The summed E-state index contributed by atoms with van der Waals surface area (Å²) < 4.78 is 27.4. The number of H-pyrrole nitrogens is 1. The molecule has 1 aromatic carbocycles. The van der Waals surface area contributed by atoms with Crippen molar-refractivity contribution in [2.24, 2.45) is 0 Å². The second-order valence-corrected chi connectivity index (χ2v) is 7.54. The fourth-order valence-corrected chi connectivity index (χ4v) is 4.89. The van der Waals surface area contributed by atoms with E-state index < -0.39 is 10.0 Å². The first kappa shape index (κ1) is 14.3. The van der Waals surface area contributed by atoms with Crippen LogP contribution in [0, 0.1) is 13.8 Å². The zero-order valence-corrected chi connectivity index (χ0v) is 13.2. The summed E-state index contributed by atoms with van der Waals surface area (Å²) in [6.07, 6.45) is 0. The van der Waals surface area contributed by atoms with Gasteiger partial charge in [0.1, 0.15) is 4.90 Å². The molecule has 3 rings (SSSR count). The van der Waals surface area contributed by atoms with Gasteiger partial charge in [-0.3, -0.25) is 5.10 Å². The van der Waals surface area contributed by atoms with E-state index in [-0.39, 0.29) is 5.92 Å². The van der Waals surface area contributed by atoms with Gasteiger partial charge in [0.15, 0.2) is 0 Å². The molecule has 0 saturated carbocycles. The van der Waals surface area contributed by atoms with Crippen LogP contribution in [0.25, 0.3) is 0 Å². The largest absolute Gasteiger partial charge is 0.281 e. The van der Waals surface area contributed by atoms with Gasteiger partial charge in [0.2, 0.25) is 10.0 Å². The second kappa shape index (κ2) is 4.96. The average Bonchev–Trinajstić information content (AvgIpc) is 2.78. The molecule has 0 fully saturated rings. The van der Waals surface area contributed by atoms with Crippen molar-refractivity contribution in [3.63, 3.8) is 0 Å². The molecule has 1 unspecified atom stereocenters. The van der Waals surface area contributed by atoms with Crippen molar-refractivity contribution in [3.05, 3.63) is 46.8 Å². The number of sulfonamides is 1. The molecule has 6 heteroatoms. The summed E-state index contributed by atoms with van der Waals surface area (Å²) in [5.41, 5.74) is 3.45. The summed E-state index contributed by atoms with van der Waals surface area (Å²) in [4.78, 5) is 0.314. The van der Waals surface area contributed by atoms with Crippen molar-refractivity contribution < 1.29 is 8.42 Å². The van der Waals surface area contributed by atoms with E-state index in [2.05, 4.69) is 23.2 Å². The van der Waals surface area contributed by atoms with Crippen LogP contribution in [0.4, 0.5) is 0 Å². The average molecular weight is 305 g/mol. The highest BCUT2D eigenvalue weighted by Gasteiger charge is 2.34. The minimum atomic E-state index is -3.52. The summed E-state index contributed by atoms with van der Waals surface area (Å²) in [6, 6.07) is 8.04. The first-order valence-corrected chi connectivity index (χ1v) is 8.44. The highest BCUT2D eigenvalue weighted by molar-refractivity contribution is 7.89. The van der Waals surface area contributed by atoms with Crippen molar-refractivity contribution in [1.82, 2.24) is 14.5 Å². The van der Waals surface area contributed by atoms with Gasteiger partial charge in [0.25, 0.3) is 0 Å². The Morgan fingerprint density at radius 3 is 2.67 bits per heavy atom. The molecule has 21 heavy (non-hydrogen) atoms. The van der Waals surface area contributed by atoms with Crippen molar-refractivity contribution >= 4 is 10.0 Å². The maximum Gasteiger partial charge on any atom is 0.247 e. The highest BCUT2D eigenvalue weighted by Crippen LogP contribution is 2.32. The van der Waals surface area contributed by atoms with E-state index in [0.29, 0.717) is 29.4 Å². The van der Waals surface area contributed by atoms with Crippen LogP contribution in [-0.4, -0.2) is 29.5 Å². The quantitative estimate of drug-likeness (QED) is 0.926. The molecule has 0 radical (unpaired) electrons. The SMILES string of the molecule is Cc1n[nH]c(C)c1S(=O)(=O)N1Cc2ccccc2C(C)C1. The molecule has 2 heterocycles. The Labute approximate surface area is 125 Å². The number of hydrogen-bond donors (Lipinski definition) is 1. The Balaban J connectivity index is 2.03. The molecule has 2 aromatic rings. The van der Waals surface area contributed by atoms with Crippen molar-refractivity contribution in [2.75, 3.05) is 6.54 Å². The molecule has 0 bridgehead atoms. The number of aromatic nitrogens is 2. The smallest absolute Gasteiger partial charge is 0.247 e. The Kier molecular flexibility index (Phi) is 3.37. The molecule has 5 nitrogen and oxygen atoms in total. The minimum Gasteiger partial charge on any atom is -0.281 e.